The smallest absolute Gasteiger partial charge is 0.331 e. The summed E-state index contributed by atoms with van der Waals surface area (Å²) >= 11 is 0. The Hall–Kier alpha value is -4.26. The van der Waals surface area contributed by atoms with Gasteiger partial charge in [0.1, 0.15) is 0 Å². The van der Waals surface area contributed by atoms with Gasteiger partial charge in [-0.2, -0.15) is 0 Å². The minimum absolute atomic E-state index is 0.224. The highest BCUT2D eigenvalue weighted by molar-refractivity contribution is 5.82. The summed E-state index contributed by atoms with van der Waals surface area (Å²) < 4.78 is 13.7. The van der Waals surface area contributed by atoms with Gasteiger partial charge in [0.15, 0.2) is 11.5 Å². The van der Waals surface area contributed by atoms with E-state index >= 15 is 0 Å². The Balaban J connectivity index is 1.46. The van der Waals surface area contributed by atoms with Gasteiger partial charge in [0.05, 0.1) is 17.4 Å². The molecule has 0 bridgehead atoms. The van der Waals surface area contributed by atoms with E-state index in [0.29, 0.717) is 29.7 Å². The zero-order chi connectivity index (χ0) is 23.7. The Morgan fingerprint density at radius 1 is 0.941 bits per heavy atom. The van der Waals surface area contributed by atoms with E-state index in [1.807, 2.05) is 67.6 Å². The molecule has 5 rings (SSSR count). The van der Waals surface area contributed by atoms with Gasteiger partial charge >= 0.3 is 5.69 Å². The van der Waals surface area contributed by atoms with Crippen LogP contribution >= 0.6 is 0 Å². The van der Waals surface area contributed by atoms with Crippen molar-refractivity contribution in [3.05, 3.63) is 111 Å². The zero-order valence-corrected chi connectivity index (χ0v) is 18.9. The molecule has 0 radical (unpaired) electrons. The normalized spacial score (nSPS) is 12.1. The van der Waals surface area contributed by atoms with Crippen LogP contribution in [0.15, 0.2) is 82.9 Å². The summed E-state index contributed by atoms with van der Waals surface area (Å²) in [5, 5.41) is 3.80. The lowest BCUT2D eigenvalue weighted by Crippen LogP contribution is -2.40. The van der Waals surface area contributed by atoms with Crippen molar-refractivity contribution in [3.8, 4) is 11.5 Å². The van der Waals surface area contributed by atoms with Crippen molar-refractivity contribution in [2.45, 2.75) is 26.6 Å². The lowest BCUT2D eigenvalue weighted by atomic mass is 10.1. The predicted octanol–water partition coefficient (Wildman–Crippen LogP) is 3.72. The summed E-state index contributed by atoms with van der Waals surface area (Å²) in [4.78, 5) is 26.4. The number of nitrogens with zero attached hydrogens (tertiary/aromatic N) is 2. The fraction of sp³-hybridized carbons (Fsp3) is 0.185. The molecule has 1 aromatic heterocycles. The predicted molar refractivity (Wildman–Crippen MR) is 132 cm³/mol. The molecule has 4 aromatic rings. The minimum Gasteiger partial charge on any atom is -0.454 e. The van der Waals surface area contributed by atoms with Crippen LogP contribution in [0.4, 0.5) is 0 Å². The summed E-state index contributed by atoms with van der Waals surface area (Å²) in [7, 11) is 0. The first-order valence-corrected chi connectivity index (χ1v) is 11.2. The average molecular weight is 456 g/mol. The summed E-state index contributed by atoms with van der Waals surface area (Å²) in [5.41, 5.74) is 3.40. The Morgan fingerprint density at radius 2 is 1.74 bits per heavy atom. The first kappa shape index (κ1) is 21.6. The molecule has 172 valence electrons. The standard InChI is InChI=1S/C27H25N3O4/c1-3-29-23-11-10-21(18(2)28-15-20-9-12-24-25(13-20)34-17-33-24)14-22(23)26(31)30(27(29)32)16-19-7-5-4-6-8-19/h4-14,28H,2-3,15-17H2,1H3. The van der Waals surface area contributed by atoms with Gasteiger partial charge in [-0.25, -0.2) is 4.79 Å². The second-order valence-corrected chi connectivity index (χ2v) is 8.16. The van der Waals surface area contributed by atoms with E-state index in [9.17, 15) is 9.59 Å². The molecule has 1 aliphatic heterocycles. The van der Waals surface area contributed by atoms with Crippen molar-refractivity contribution in [1.82, 2.24) is 14.5 Å². The lowest BCUT2D eigenvalue weighted by molar-refractivity contribution is 0.174. The summed E-state index contributed by atoms with van der Waals surface area (Å²) in [6.45, 7) is 7.52. The van der Waals surface area contributed by atoms with Crippen LogP contribution in [0.1, 0.15) is 23.6 Å². The maximum atomic E-state index is 13.4. The van der Waals surface area contributed by atoms with Crippen LogP contribution in [0.2, 0.25) is 0 Å². The fourth-order valence-electron chi connectivity index (χ4n) is 4.18. The molecule has 0 aliphatic carbocycles. The number of nitrogens with one attached hydrogen (secondary N) is 1. The highest BCUT2D eigenvalue weighted by Crippen LogP contribution is 2.32. The van der Waals surface area contributed by atoms with Gasteiger partial charge in [-0.3, -0.25) is 13.9 Å². The molecule has 0 amide bonds. The number of aromatic nitrogens is 2. The molecule has 0 unspecified atom stereocenters. The van der Waals surface area contributed by atoms with E-state index < -0.39 is 0 Å². The third-order valence-corrected chi connectivity index (χ3v) is 6.02. The number of ether oxygens (including phenoxy) is 2. The van der Waals surface area contributed by atoms with Gasteiger partial charge in [-0.05, 0) is 47.9 Å². The fourth-order valence-corrected chi connectivity index (χ4v) is 4.18. The van der Waals surface area contributed by atoms with Crippen LogP contribution in [0.3, 0.4) is 0 Å². The molecule has 0 atom stereocenters. The summed E-state index contributed by atoms with van der Waals surface area (Å²) in [5.74, 6) is 1.47. The Kier molecular flexibility index (Phi) is 5.67. The SMILES string of the molecule is C=C(NCc1ccc2c(c1)OCO2)c1ccc2c(c1)c(=O)n(Cc1ccccc1)c(=O)n2CC. The van der Waals surface area contributed by atoms with Crippen LogP contribution in [-0.4, -0.2) is 15.9 Å². The first-order chi connectivity index (χ1) is 16.5. The Bertz CT molecular complexity index is 1500. The number of fused-ring (bicyclic) bond motifs is 2. The first-order valence-electron chi connectivity index (χ1n) is 11.2. The second-order valence-electron chi connectivity index (χ2n) is 8.16. The van der Waals surface area contributed by atoms with Crippen molar-refractivity contribution < 1.29 is 9.47 Å². The third-order valence-electron chi connectivity index (χ3n) is 6.02. The van der Waals surface area contributed by atoms with Crippen LogP contribution in [-0.2, 0) is 19.6 Å². The Labute approximate surface area is 196 Å². The number of hydrogen-bond acceptors (Lipinski definition) is 5. The van der Waals surface area contributed by atoms with Gasteiger partial charge in [0.2, 0.25) is 6.79 Å². The number of aryl methyl sites for hydroxylation is 1. The van der Waals surface area contributed by atoms with Crippen molar-refractivity contribution >= 4 is 16.6 Å². The molecule has 7 nitrogen and oxygen atoms in total. The molecule has 0 saturated carbocycles. The maximum Gasteiger partial charge on any atom is 0.331 e. The number of benzene rings is 3. The lowest BCUT2D eigenvalue weighted by Gasteiger charge is -2.15. The molecule has 0 saturated heterocycles. The van der Waals surface area contributed by atoms with E-state index in [4.69, 9.17) is 9.47 Å². The zero-order valence-electron chi connectivity index (χ0n) is 18.9. The molecule has 1 N–H and O–H groups in total. The number of rotatable bonds is 7. The van der Waals surface area contributed by atoms with Gasteiger partial charge < -0.3 is 14.8 Å². The van der Waals surface area contributed by atoms with Gasteiger partial charge in [0.25, 0.3) is 5.56 Å². The van der Waals surface area contributed by atoms with Crippen LogP contribution < -0.4 is 26.0 Å². The number of hydrogen-bond donors (Lipinski definition) is 1. The molecule has 0 fully saturated rings. The molecular formula is C27H25N3O4. The Morgan fingerprint density at radius 3 is 2.53 bits per heavy atom. The molecular weight excluding hydrogens is 430 g/mol. The second kappa shape index (κ2) is 8.94. The van der Waals surface area contributed by atoms with E-state index in [0.717, 1.165) is 28.2 Å². The molecule has 3 aromatic carbocycles. The highest BCUT2D eigenvalue weighted by Gasteiger charge is 2.15. The molecule has 1 aliphatic rings. The van der Waals surface area contributed by atoms with E-state index in [1.54, 1.807) is 10.6 Å². The van der Waals surface area contributed by atoms with E-state index in [2.05, 4.69) is 11.9 Å². The molecule has 7 heteroatoms. The topological polar surface area (TPSA) is 74.5 Å². The van der Waals surface area contributed by atoms with Gasteiger partial charge in [-0.1, -0.05) is 49.0 Å². The largest absolute Gasteiger partial charge is 0.454 e. The van der Waals surface area contributed by atoms with Gasteiger partial charge in [0, 0.05) is 18.8 Å². The van der Waals surface area contributed by atoms with Crippen LogP contribution in [0.25, 0.3) is 16.6 Å². The minimum atomic E-state index is -0.309. The van der Waals surface area contributed by atoms with Crippen LogP contribution in [0, 0.1) is 0 Å². The van der Waals surface area contributed by atoms with Crippen molar-refractivity contribution in [1.29, 1.82) is 0 Å². The molecule has 2 heterocycles. The van der Waals surface area contributed by atoms with Crippen molar-refractivity contribution in [3.63, 3.8) is 0 Å². The summed E-state index contributed by atoms with van der Waals surface area (Å²) in [6.07, 6.45) is 0. The third kappa shape index (κ3) is 3.96. The van der Waals surface area contributed by atoms with E-state index in [1.165, 1.54) is 4.57 Å². The maximum absolute atomic E-state index is 13.4. The monoisotopic (exact) mass is 455 g/mol. The van der Waals surface area contributed by atoms with Crippen molar-refractivity contribution in [2.75, 3.05) is 6.79 Å². The van der Waals surface area contributed by atoms with Crippen molar-refractivity contribution in [2.24, 2.45) is 0 Å². The van der Waals surface area contributed by atoms with Crippen LogP contribution in [0.5, 0.6) is 11.5 Å². The molecule has 34 heavy (non-hydrogen) atoms. The average Bonchev–Trinajstić information content (AvgIpc) is 3.34. The highest BCUT2D eigenvalue weighted by atomic mass is 16.7. The van der Waals surface area contributed by atoms with Gasteiger partial charge in [-0.15, -0.1) is 0 Å². The summed E-state index contributed by atoms with van der Waals surface area (Å²) in [6, 6.07) is 20.8. The molecule has 0 spiro atoms. The quantitative estimate of drug-likeness (QED) is 0.460. The van der Waals surface area contributed by atoms with E-state index in [-0.39, 0.29) is 24.6 Å².